The molecule has 0 saturated carbocycles. The number of anilines is 1. The van der Waals surface area contributed by atoms with Crippen LogP contribution in [-0.4, -0.2) is 51.4 Å². The van der Waals surface area contributed by atoms with Gasteiger partial charge in [0.05, 0.1) is 24.0 Å². The molecule has 5 N–H and O–H groups in total. The lowest BCUT2D eigenvalue weighted by Crippen LogP contribution is -2.63. The van der Waals surface area contributed by atoms with Crippen LogP contribution in [0.5, 0.6) is 5.75 Å². The van der Waals surface area contributed by atoms with Gasteiger partial charge in [-0.25, -0.2) is 8.78 Å². The van der Waals surface area contributed by atoms with E-state index in [1.165, 1.54) is 0 Å². The number of fused-ring (bicyclic) bond motifs is 1. The maximum Gasteiger partial charge on any atom is 0.157 e. The maximum absolute atomic E-state index is 15.7. The van der Waals surface area contributed by atoms with Crippen LogP contribution in [0.2, 0.25) is 0 Å². The van der Waals surface area contributed by atoms with Crippen molar-refractivity contribution in [2.45, 2.75) is 57.1 Å². The molecule has 29 heavy (non-hydrogen) atoms. The van der Waals surface area contributed by atoms with Crippen LogP contribution in [0.1, 0.15) is 37.3 Å². The Morgan fingerprint density at radius 2 is 2.14 bits per heavy atom. The summed E-state index contributed by atoms with van der Waals surface area (Å²) in [4.78, 5) is 0. The second kappa shape index (κ2) is 8.95. The summed E-state index contributed by atoms with van der Waals surface area (Å²) >= 11 is 0. The summed E-state index contributed by atoms with van der Waals surface area (Å²) in [5.41, 5.74) is 2.88. The fourth-order valence-electron chi connectivity index (χ4n) is 4.41. The van der Waals surface area contributed by atoms with Gasteiger partial charge in [0.2, 0.25) is 0 Å². The van der Waals surface area contributed by atoms with E-state index in [9.17, 15) is 4.39 Å². The van der Waals surface area contributed by atoms with E-state index in [1.54, 1.807) is 0 Å². The van der Waals surface area contributed by atoms with Gasteiger partial charge < -0.3 is 20.7 Å². The molecule has 1 aromatic carbocycles. The lowest BCUT2D eigenvalue weighted by atomic mass is 9.95. The van der Waals surface area contributed by atoms with Crippen molar-refractivity contribution in [1.82, 2.24) is 21.3 Å². The van der Waals surface area contributed by atoms with Gasteiger partial charge in [-0.1, -0.05) is 6.08 Å². The third-order valence-corrected chi connectivity index (χ3v) is 5.99. The van der Waals surface area contributed by atoms with Crippen LogP contribution in [0.15, 0.2) is 12.1 Å². The van der Waals surface area contributed by atoms with E-state index in [-0.39, 0.29) is 24.3 Å². The normalized spacial score (nSPS) is 29.6. The zero-order valence-electron chi connectivity index (χ0n) is 17.1. The Kier molecular flexibility index (Phi) is 6.34. The molecule has 3 aliphatic rings. The maximum atomic E-state index is 15.7. The van der Waals surface area contributed by atoms with Gasteiger partial charge in [0.25, 0.3) is 0 Å². The van der Waals surface area contributed by atoms with Crippen LogP contribution in [0, 0.1) is 5.82 Å². The van der Waals surface area contributed by atoms with Gasteiger partial charge >= 0.3 is 0 Å². The molecule has 1 fully saturated rings. The largest absolute Gasteiger partial charge is 0.492 e. The van der Waals surface area contributed by atoms with Crippen LogP contribution in [0.3, 0.4) is 0 Å². The molecule has 8 heteroatoms. The number of alkyl halides is 1. The van der Waals surface area contributed by atoms with Gasteiger partial charge in [0.15, 0.2) is 5.82 Å². The Hall–Kier alpha value is -1.74. The third-order valence-electron chi connectivity index (χ3n) is 5.99. The van der Waals surface area contributed by atoms with Crippen LogP contribution in [0.4, 0.5) is 14.5 Å². The summed E-state index contributed by atoms with van der Waals surface area (Å²) in [5.74, 6) is 0.336. The number of halogens is 2. The smallest absolute Gasteiger partial charge is 0.157 e. The Bertz CT molecular complexity index is 772. The van der Waals surface area contributed by atoms with E-state index < -0.39 is 6.67 Å². The van der Waals surface area contributed by atoms with Gasteiger partial charge in [0, 0.05) is 30.6 Å². The fraction of sp³-hybridized carbons (Fsp3) is 0.619. The molecule has 4 atom stereocenters. The second-order valence-electron chi connectivity index (χ2n) is 8.12. The number of nitrogens with one attached hydrogen (secondary N) is 5. The molecule has 3 unspecified atom stereocenters. The van der Waals surface area contributed by atoms with E-state index in [0.717, 1.165) is 24.0 Å². The Labute approximate surface area is 170 Å². The average Bonchev–Trinajstić information content (AvgIpc) is 3.04. The second-order valence-corrected chi connectivity index (χ2v) is 8.12. The molecule has 6 nitrogen and oxygen atoms in total. The van der Waals surface area contributed by atoms with E-state index in [4.69, 9.17) is 4.74 Å². The summed E-state index contributed by atoms with van der Waals surface area (Å²) in [6, 6.07) is 1.97. The molecule has 0 amide bonds. The van der Waals surface area contributed by atoms with Gasteiger partial charge in [-0.15, -0.1) is 0 Å². The van der Waals surface area contributed by atoms with E-state index in [2.05, 4.69) is 33.5 Å². The molecular weight excluding hydrogens is 376 g/mol. The molecular formula is C21H31F2N5O. The molecule has 0 radical (unpaired) electrons. The number of ether oxygens (including phenoxy) is 1. The monoisotopic (exact) mass is 407 g/mol. The average molecular weight is 408 g/mol. The zero-order valence-corrected chi connectivity index (χ0v) is 17.1. The number of hydrogen-bond acceptors (Lipinski definition) is 6. The van der Waals surface area contributed by atoms with Crippen molar-refractivity contribution < 1.29 is 13.5 Å². The van der Waals surface area contributed by atoms with Crippen molar-refractivity contribution in [3.8, 4) is 5.75 Å². The van der Waals surface area contributed by atoms with E-state index in [0.29, 0.717) is 49.0 Å². The quantitative estimate of drug-likeness (QED) is 0.515. The number of allylic oxidation sites excluding steroid dienone is 1. The van der Waals surface area contributed by atoms with Gasteiger partial charge in [-0.3, -0.25) is 10.6 Å². The van der Waals surface area contributed by atoms with Crippen molar-refractivity contribution >= 4 is 11.3 Å². The minimum Gasteiger partial charge on any atom is -0.492 e. The molecule has 0 bridgehead atoms. The minimum absolute atomic E-state index is 0.150. The number of hydrogen-bond donors (Lipinski definition) is 5. The van der Waals surface area contributed by atoms with Crippen molar-refractivity contribution in [2.24, 2.45) is 0 Å². The first kappa shape index (κ1) is 20.5. The molecule has 1 aromatic rings. The van der Waals surface area contributed by atoms with Crippen molar-refractivity contribution in [3.05, 3.63) is 29.1 Å². The van der Waals surface area contributed by atoms with Crippen LogP contribution >= 0.6 is 0 Å². The molecule has 0 aromatic heterocycles. The van der Waals surface area contributed by atoms with Gasteiger partial charge in [-0.05, 0) is 44.9 Å². The molecule has 4 rings (SSSR count). The predicted octanol–water partition coefficient (Wildman–Crippen LogP) is 2.08. The summed E-state index contributed by atoms with van der Waals surface area (Å²) in [5, 5.41) is 16.5. The fourth-order valence-corrected chi connectivity index (χ4v) is 4.41. The molecule has 160 valence electrons. The first-order chi connectivity index (χ1) is 14.1. The van der Waals surface area contributed by atoms with E-state index in [1.807, 2.05) is 19.2 Å². The topological polar surface area (TPSA) is 69.4 Å². The highest BCUT2D eigenvalue weighted by atomic mass is 19.1. The SMILES string of the molecule is CNC1CC(C)NC(Nc2cc3c(c(C4=CCN[C@@H](CF)CC4)c2F)OCC3)N1. The standard InChI is InChI=1S/C21H31F2N5O/c1-12-9-17(24-2)28-21(26-12)27-16-10-14-6-8-29-20(14)18(19(16)23)13-3-4-15(11-22)25-7-5-13/h5,10,12,15,17,21,24-28H,3-4,6-9,11H2,1-2H3/t12?,15-,17?,21?/m1/s1. The van der Waals surface area contributed by atoms with Crippen molar-refractivity contribution in [1.29, 1.82) is 0 Å². The Morgan fingerprint density at radius 1 is 1.28 bits per heavy atom. The number of benzene rings is 1. The number of rotatable bonds is 5. The summed E-state index contributed by atoms with van der Waals surface area (Å²) in [6.45, 7) is 2.79. The summed E-state index contributed by atoms with van der Waals surface area (Å²) in [6.07, 6.45) is 4.83. The Balaban J connectivity index is 1.63. The van der Waals surface area contributed by atoms with Gasteiger partial charge in [-0.2, -0.15) is 0 Å². The summed E-state index contributed by atoms with van der Waals surface area (Å²) < 4.78 is 34.6. The van der Waals surface area contributed by atoms with Crippen molar-refractivity contribution in [3.63, 3.8) is 0 Å². The van der Waals surface area contributed by atoms with Crippen LogP contribution in [-0.2, 0) is 6.42 Å². The first-order valence-corrected chi connectivity index (χ1v) is 10.5. The Morgan fingerprint density at radius 3 is 2.93 bits per heavy atom. The highest BCUT2D eigenvalue weighted by Gasteiger charge is 2.29. The van der Waals surface area contributed by atoms with E-state index >= 15 is 4.39 Å². The van der Waals surface area contributed by atoms with Crippen LogP contribution in [0.25, 0.3) is 5.57 Å². The van der Waals surface area contributed by atoms with Crippen molar-refractivity contribution in [2.75, 3.05) is 32.2 Å². The summed E-state index contributed by atoms with van der Waals surface area (Å²) in [7, 11) is 1.91. The highest BCUT2D eigenvalue weighted by Crippen LogP contribution is 2.41. The first-order valence-electron chi connectivity index (χ1n) is 10.5. The lowest BCUT2D eigenvalue weighted by Gasteiger charge is -2.37. The predicted molar refractivity (Wildman–Crippen MR) is 111 cm³/mol. The molecule has 1 saturated heterocycles. The minimum atomic E-state index is -0.413. The molecule has 3 heterocycles. The van der Waals surface area contributed by atoms with Crippen LogP contribution < -0.4 is 31.3 Å². The highest BCUT2D eigenvalue weighted by molar-refractivity contribution is 5.77. The molecule has 0 aliphatic carbocycles. The molecule has 3 aliphatic heterocycles. The lowest BCUT2D eigenvalue weighted by molar-refractivity contribution is 0.249. The molecule has 0 spiro atoms. The zero-order chi connectivity index (χ0) is 20.4. The van der Waals surface area contributed by atoms with Gasteiger partial charge in [0.1, 0.15) is 18.7 Å². The third kappa shape index (κ3) is 4.40.